The van der Waals surface area contributed by atoms with Gasteiger partial charge in [0.05, 0.1) is 17.4 Å². The molecule has 0 saturated heterocycles. The lowest BCUT2D eigenvalue weighted by Gasteiger charge is -2.21. The number of hydrogen-bond acceptors (Lipinski definition) is 3. The van der Waals surface area contributed by atoms with Crippen LogP contribution in [0.1, 0.15) is 30.8 Å². The van der Waals surface area contributed by atoms with Gasteiger partial charge in [0.2, 0.25) is 5.78 Å². The van der Waals surface area contributed by atoms with Crippen molar-refractivity contribution in [3.8, 4) is 5.69 Å². The lowest BCUT2D eigenvalue weighted by Crippen LogP contribution is -2.45. The van der Waals surface area contributed by atoms with Gasteiger partial charge in [0.25, 0.3) is 0 Å². The van der Waals surface area contributed by atoms with Crippen molar-refractivity contribution in [3.63, 3.8) is 0 Å². The Hall–Kier alpha value is -1.94. The van der Waals surface area contributed by atoms with E-state index in [-0.39, 0.29) is 5.78 Å². The number of rotatable bonds is 4. The summed E-state index contributed by atoms with van der Waals surface area (Å²) in [5.74, 6) is -0.0913. The standard InChI is InChI=1S/C14H17N3O/c1-3-14(2,15)13(18)12-9-10-16-17(12)11-7-5-4-6-8-11/h4-10H,3,15H2,1-2H3. The first-order chi connectivity index (χ1) is 8.56. The summed E-state index contributed by atoms with van der Waals surface area (Å²) in [5, 5.41) is 4.20. The largest absolute Gasteiger partial charge is 0.319 e. The molecule has 0 spiro atoms. The van der Waals surface area contributed by atoms with Gasteiger partial charge in [0.15, 0.2) is 0 Å². The van der Waals surface area contributed by atoms with Gasteiger partial charge in [-0.15, -0.1) is 0 Å². The molecule has 0 saturated carbocycles. The number of hydrogen-bond donors (Lipinski definition) is 1. The first-order valence-corrected chi connectivity index (χ1v) is 5.99. The summed E-state index contributed by atoms with van der Waals surface area (Å²) in [6, 6.07) is 11.3. The van der Waals surface area contributed by atoms with Crippen LogP contribution in [0.4, 0.5) is 0 Å². The summed E-state index contributed by atoms with van der Waals surface area (Å²) >= 11 is 0. The molecule has 4 heteroatoms. The minimum absolute atomic E-state index is 0.0913. The van der Waals surface area contributed by atoms with Crippen molar-refractivity contribution in [2.45, 2.75) is 25.8 Å². The van der Waals surface area contributed by atoms with Crippen molar-refractivity contribution >= 4 is 5.78 Å². The highest BCUT2D eigenvalue weighted by molar-refractivity contribution is 6.01. The van der Waals surface area contributed by atoms with E-state index in [9.17, 15) is 4.79 Å². The maximum absolute atomic E-state index is 12.4. The summed E-state index contributed by atoms with van der Waals surface area (Å²) in [7, 11) is 0. The summed E-state index contributed by atoms with van der Waals surface area (Å²) < 4.78 is 1.63. The second-order valence-electron chi connectivity index (χ2n) is 4.56. The number of para-hydroxylation sites is 1. The monoisotopic (exact) mass is 243 g/mol. The molecule has 1 atom stereocenters. The van der Waals surface area contributed by atoms with Crippen LogP contribution in [0.2, 0.25) is 0 Å². The van der Waals surface area contributed by atoms with E-state index >= 15 is 0 Å². The molecule has 0 radical (unpaired) electrons. The van der Waals surface area contributed by atoms with E-state index in [2.05, 4.69) is 5.10 Å². The normalized spacial score (nSPS) is 14.2. The molecule has 94 valence electrons. The predicted molar refractivity (Wildman–Crippen MR) is 70.8 cm³/mol. The lowest BCUT2D eigenvalue weighted by molar-refractivity contribution is 0.0889. The summed E-state index contributed by atoms with van der Waals surface area (Å²) in [6.07, 6.45) is 2.21. The van der Waals surface area contributed by atoms with Crippen molar-refractivity contribution in [1.29, 1.82) is 0 Å². The average Bonchev–Trinajstić information content (AvgIpc) is 2.87. The molecule has 1 aromatic heterocycles. The smallest absolute Gasteiger partial charge is 0.200 e. The Morgan fingerprint density at radius 2 is 2.00 bits per heavy atom. The second-order valence-corrected chi connectivity index (χ2v) is 4.56. The minimum atomic E-state index is -0.855. The average molecular weight is 243 g/mol. The third-order valence-corrected chi connectivity index (χ3v) is 3.13. The number of Topliss-reactive ketones (excluding diaryl/α,β-unsaturated/α-hetero) is 1. The van der Waals surface area contributed by atoms with Crippen molar-refractivity contribution in [1.82, 2.24) is 9.78 Å². The van der Waals surface area contributed by atoms with Gasteiger partial charge in [-0.2, -0.15) is 5.10 Å². The molecule has 1 unspecified atom stereocenters. The van der Waals surface area contributed by atoms with E-state index in [1.807, 2.05) is 37.3 Å². The predicted octanol–water partition coefficient (Wildman–Crippen LogP) is 2.18. The zero-order valence-electron chi connectivity index (χ0n) is 10.6. The van der Waals surface area contributed by atoms with Crippen LogP contribution in [0.5, 0.6) is 0 Å². The molecule has 18 heavy (non-hydrogen) atoms. The van der Waals surface area contributed by atoms with Crippen LogP contribution in [0, 0.1) is 0 Å². The van der Waals surface area contributed by atoms with Crippen LogP contribution >= 0.6 is 0 Å². The fourth-order valence-corrected chi connectivity index (χ4v) is 1.70. The Balaban J connectivity index is 2.44. The van der Waals surface area contributed by atoms with Gasteiger partial charge in [-0.1, -0.05) is 25.1 Å². The number of carbonyl (C=O) groups is 1. The quantitative estimate of drug-likeness (QED) is 0.837. The second kappa shape index (κ2) is 4.74. The van der Waals surface area contributed by atoms with Crippen LogP contribution in [0.15, 0.2) is 42.6 Å². The van der Waals surface area contributed by atoms with Gasteiger partial charge in [-0.3, -0.25) is 4.79 Å². The van der Waals surface area contributed by atoms with Crippen LogP contribution in [0.25, 0.3) is 5.69 Å². The SMILES string of the molecule is CCC(C)(N)C(=O)c1ccnn1-c1ccccc1. The highest BCUT2D eigenvalue weighted by Crippen LogP contribution is 2.17. The number of ketones is 1. The fraction of sp³-hybridized carbons (Fsp3) is 0.286. The molecule has 2 rings (SSSR count). The van der Waals surface area contributed by atoms with E-state index in [1.165, 1.54) is 0 Å². The first kappa shape index (κ1) is 12.5. The van der Waals surface area contributed by atoms with Gasteiger partial charge in [-0.25, -0.2) is 4.68 Å². The molecule has 0 fully saturated rings. The zero-order valence-corrected chi connectivity index (χ0v) is 10.6. The van der Waals surface area contributed by atoms with Crippen LogP contribution < -0.4 is 5.73 Å². The van der Waals surface area contributed by atoms with E-state index in [0.717, 1.165) is 5.69 Å². The van der Waals surface area contributed by atoms with Gasteiger partial charge >= 0.3 is 0 Å². The van der Waals surface area contributed by atoms with E-state index < -0.39 is 5.54 Å². The van der Waals surface area contributed by atoms with Crippen molar-refractivity contribution in [2.24, 2.45) is 5.73 Å². The van der Waals surface area contributed by atoms with Crippen LogP contribution in [-0.4, -0.2) is 21.1 Å². The van der Waals surface area contributed by atoms with Crippen molar-refractivity contribution < 1.29 is 4.79 Å². The molecule has 0 amide bonds. The van der Waals surface area contributed by atoms with Gasteiger partial charge in [0, 0.05) is 0 Å². The summed E-state index contributed by atoms with van der Waals surface area (Å²) in [4.78, 5) is 12.4. The topological polar surface area (TPSA) is 60.9 Å². The first-order valence-electron chi connectivity index (χ1n) is 5.99. The molecule has 0 bridgehead atoms. The highest BCUT2D eigenvalue weighted by Gasteiger charge is 2.29. The maximum atomic E-state index is 12.4. The molecule has 0 aliphatic rings. The molecule has 2 aromatic rings. The fourth-order valence-electron chi connectivity index (χ4n) is 1.70. The minimum Gasteiger partial charge on any atom is -0.319 e. The number of nitrogens with two attached hydrogens (primary N) is 1. The van der Waals surface area contributed by atoms with Crippen LogP contribution in [0.3, 0.4) is 0 Å². The molecule has 1 aromatic carbocycles. The molecule has 0 aliphatic heterocycles. The number of nitrogens with zero attached hydrogens (tertiary/aromatic N) is 2. The molecule has 2 N–H and O–H groups in total. The highest BCUT2D eigenvalue weighted by atomic mass is 16.1. The molecule has 4 nitrogen and oxygen atoms in total. The molecular formula is C14H17N3O. The number of aromatic nitrogens is 2. The van der Waals surface area contributed by atoms with Gasteiger partial charge in [-0.05, 0) is 31.5 Å². The van der Waals surface area contributed by atoms with Crippen LogP contribution in [-0.2, 0) is 0 Å². The third-order valence-electron chi connectivity index (χ3n) is 3.13. The lowest BCUT2D eigenvalue weighted by atomic mass is 9.92. The van der Waals surface area contributed by atoms with Gasteiger partial charge < -0.3 is 5.73 Å². The number of benzene rings is 1. The summed E-state index contributed by atoms with van der Waals surface area (Å²) in [6.45, 7) is 3.65. The summed E-state index contributed by atoms with van der Waals surface area (Å²) in [5.41, 5.74) is 6.53. The Morgan fingerprint density at radius 1 is 1.33 bits per heavy atom. The zero-order chi connectivity index (χ0) is 13.2. The number of carbonyl (C=O) groups excluding carboxylic acids is 1. The maximum Gasteiger partial charge on any atom is 0.200 e. The van der Waals surface area contributed by atoms with Crippen molar-refractivity contribution in [2.75, 3.05) is 0 Å². The molecular weight excluding hydrogens is 226 g/mol. The van der Waals surface area contributed by atoms with Crippen molar-refractivity contribution in [3.05, 3.63) is 48.3 Å². The Morgan fingerprint density at radius 3 is 2.61 bits per heavy atom. The van der Waals surface area contributed by atoms with Gasteiger partial charge in [0.1, 0.15) is 5.69 Å². The third kappa shape index (κ3) is 2.19. The van der Waals surface area contributed by atoms with E-state index in [1.54, 1.807) is 23.9 Å². The molecule has 1 heterocycles. The Labute approximate surface area is 106 Å². The molecule has 0 aliphatic carbocycles. The Bertz CT molecular complexity index is 543. The van der Waals surface area contributed by atoms with E-state index in [0.29, 0.717) is 12.1 Å². The Kier molecular flexibility index (Phi) is 3.30. The van der Waals surface area contributed by atoms with E-state index in [4.69, 9.17) is 5.73 Å².